The van der Waals surface area contributed by atoms with Gasteiger partial charge in [-0.05, 0) is 64.0 Å². The number of methoxy groups -OCH3 is 2. The largest absolute Gasteiger partial charge is 0.497 e. The van der Waals surface area contributed by atoms with Crippen molar-refractivity contribution in [1.29, 1.82) is 0 Å². The summed E-state index contributed by atoms with van der Waals surface area (Å²) in [6.07, 6.45) is 0.795. The van der Waals surface area contributed by atoms with Crippen molar-refractivity contribution in [2.75, 3.05) is 26.1 Å². The topological polar surface area (TPSA) is 68.8 Å². The quantitative estimate of drug-likeness (QED) is 0.402. The molecule has 0 spiro atoms. The minimum atomic E-state index is -0.346. The Labute approximate surface area is 201 Å². The zero-order valence-corrected chi connectivity index (χ0v) is 20.1. The molecule has 8 heteroatoms. The zero-order valence-electron chi connectivity index (χ0n) is 17.7. The van der Waals surface area contributed by atoms with E-state index in [4.69, 9.17) is 26.4 Å². The predicted octanol–water partition coefficient (Wildman–Crippen LogP) is 5.21. The molecule has 0 fully saturated rings. The van der Waals surface area contributed by atoms with E-state index in [1.165, 1.54) is 5.56 Å². The minimum Gasteiger partial charge on any atom is -0.497 e. The molecule has 0 heterocycles. The van der Waals surface area contributed by atoms with E-state index in [1.807, 2.05) is 18.2 Å². The molecule has 6 nitrogen and oxygen atoms in total. The van der Waals surface area contributed by atoms with E-state index in [9.17, 15) is 4.79 Å². The van der Waals surface area contributed by atoms with Crippen molar-refractivity contribution < 1.29 is 19.0 Å². The first kappa shape index (κ1) is 23.6. The number of carbonyl (C=O) groups excluding carboxylic acids is 1. The number of ether oxygens (including phenoxy) is 3. The van der Waals surface area contributed by atoms with Gasteiger partial charge in [0.2, 0.25) is 0 Å². The number of benzene rings is 3. The lowest BCUT2D eigenvalue weighted by atomic mass is 10.2. The summed E-state index contributed by atoms with van der Waals surface area (Å²) in [5.74, 6) is 1.52. The Balaban J connectivity index is 1.58. The molecule has 3 aromatic rings. The van der Waals surface area contributed by atoms with Gasteiger partial charge in [-0.15, -0.1) is 0 Å². The molecule has 0 aliphatic heterocycles. The van der Waals surface area contributed by atoms with Gasteiger partial charge in [-0.2, -0.15) is 0 Å². The summed E-state index contributed by atoms with van der Waals surface area (Å²) in [5, 5.41) is 5.77. The Morgan fingerprint density at radius 3 is 2.41 bits per heavy atom. The number of carbonyl (C=O) groups is 1. The van der Waals surface area contributed by atoms with Crippen LogP contribution < -0.4 is 24.8 Å². The molecule has 2 N–H and O–H groups in total. The fraction of sp³-hybridized carbons (Fsp3) is 0.167. The van der Waals surface area contributed by atoms with Gasteiger partial charge in [0.1, 0.15) is 17.2 Å². The van der Waals surface area contributed by atoms with Crippen molar-refractivity contribution in [3.63, 3.8) is 0 Å². The fourth-order valence-electron chi connectivity index (χ4n) is 2.92. The molecule has 0 atom stereocenters. The number of anilines is 1. The van der Waals surface area contributed by atoms with Crippen molar-refractivity contribution in [2.45, 2.75) is 6.42 Å². The molecule has 0 saturated carbocycles. The lowest BCUT2D eigenvalue weighted by Gasteiger charge is -2.14. The summed E-state index contributed by atoms with van der Waals surface area (Å²) < 4.78 is 17.1. The summed E-state index contributed by atoms with van der Waals surface area (Å²) in [4.78, 5) is 12.6. The van der Waals surface area contributed by atoms with Crippen molar-refractivity contribution in [2.24, 2.45) is 0 Å². The van der Waals surface area contributed by atoms with Gasteiger partial charge < -0.3 is 19.5 Å². The highest BCUT2D eigenvalue weighted by Crippen LogP contribution is 2.29. The molecule has 0 aliphatic rings. The van der Waals surface area contributed by atoms with E-state index in [-0.39, 0.29) is 11.0 Å². The Morgan fingerprint density at radius 2 is 1.72 bits per heavy atom. The second-order valence-electron chi connectivity index (χ2n) is 6.70. The zero-order chi connectivity index (χ0) is 22.9. The lowest BCUT2D eigenvalue weighted by molar-refractivity contribution is 0.0977. The lowest BCUT2D eigenvalue weighted by Crippen LogP contribution is -2.34. The highest BCUT2D eigenvalue weighted by atomic mass is 79.9. The van der Waals surface area contributed by atoms with E-state index < -0.39 is 0 Å². The van der Waals surface area contributed by atoms with Crippen molar-refractivity contribution in [1.82, 2.24) is 5.32 Å². The molecule has 0 radical (unpaired) electrons. The van der Waals surface area contributed by atoms with Gasteiger partial charge >= 0.3 is 0 Å². The third kappa shape index (κ3) is 6.45. The second-order valence-corrected chi connectivity index (χ2v) is 7.97. The van der Waals surface area contributed by atoms with Gasteiger partial charge in [-0.3, -0.25) is 10.1 Å². The molecule has 0 bridgehead atoms. The minimum absolute atomic E-state index is 0.140. The fourth-order valence-corrected chi connectivity index (χ4v) is 3.62. The van der Waals surface area contributed by atoms with Crippen molar-refractivity contribution in [3.05, 3.63) is 82.3 Å². The molecule has 0 aliphatic carbocycles. The van der Waals surface area contributed by atoms with E-state index in [0.717, 1.165) is 6.42 Å². The van der Waals surface area contributed by atoms with Gasteiger partial charge in [-0.25, -0.2) is 0 Å². The van der Waals surface area contributed by atoms with Crippen LogP contribution in [0, 0.1) is 0 Å². The summed E-state index contributed by atoms with van der Waals surface area (Å²) in [6, 6.07) is 20.5. The second kappa shape index (κ2) is 11.5. The first-order valence-corrected chi connectivity index (χ1v) is 11.0. The monoisotopic (exact) mass is 514 g/mol. The van der Waals surface area contributed by atoms with Gasteiger partial charge in [0.25, 0.3) is 5.91 Å². The number of rotatable bonds is 8. The summed E-state index contributed by atoms with van der Waals surface area (Å²) in [7, 11) is 3.12. The number of thiocarbonyl (C=S) groups is 1. The Hall–Kier alpha value is -3.10. The van der Waals surface area contributed by atoms with Gasteiger partial charge in [0, 0.05) is 18.1 Å². The van der Waals surface area contributed by atoms with Crippen LogP contribution in [0.25, 0.3) is 0 Å². The Kier molecular flexibility index (Phi) is 8.47. The summed E-state index contributed by atoms with van der Waals surface area (Å²) in [6.45, 7) is 0.532. The van der Waals surface area contributed by atoms with Gasteiger partial charge in [0.05, 0.1) is 31.0 Å². The standard InChI is InChI=1S/C24H23BrN2O4S/c1-29-18-9-11-22(30-2)20(15-18)26-24(32)27-23(28)17-8-10-21(19(25)14-17)31-13-12-16-6-4-3-5-7-16/h3-11,14-15H,12-13H2,1-2H3,(H2,26,27,28,32). The number of halogens is 1. The SMILES string of the molecule is COc1ccc(OC)c(NC(=S)NC(=O)c2ccc(OCCc3ccccc3)c(Br)c2)c1. The van der Waals surface area contributed by atoms with Crippen LogP contribution in [-0.4, -0.2) is 31.8 Å². The molecular weight excluding hydrogens is 492 g/mol. The maximum Gasteiger partial charge on any atom is 0.257 e. The van der Waals surface area contributed by atoms with Crippen LogP contribution in [0.2, 0.25) is 0 Å². The molecule has 0 saturated heterocycles. The Morgan fingerprint density at radius 1 is 0.969 bits per heavy atom. The first-order valence-electron chi connectivity index (χ1n) is 9.81. The van der Waals surface area contributed by atoms with Crippen LogP contribution in [0.15, 0.2) is 71.2 Å². The number of nitrogens with one attached hydrogen (secondary N) is 2. The van der Waals surface area contributed by atoms with Crippen LogP contribution in [0.3, 0.4) is 0 Å². The van der Waals surface area contributed by atoms with Crippen LogP contribution >= 0.6 is 28.1 Å². The Bertz CT molecular complexity index is 1090. The highest BCUT2D eigenvalue weighted by molar-refractivity contribution is 9.10. The molecule has 32 heavy (non-hydrogen) atoms. The average molecular weight is 515 g/mol. The summed E-state index contributed by atoms with van der Waals surface area (Å²) in [5.41, 5.74) is 2.22. The van der Waals surface area contributed by atoms with Crippen molar-refractivity contribution >= 4 is 44.9 Å². The van der Waals surface area contributed by atoms with E-state index >= 15 is 0 Å². The molecule has 3 aromatic carbocycles. The van der Waals surface area contributed by atoms with Crippen LogP contribution in [-0.2, 0) is 6.42 Å². The normalized spacial score (nSPS) is 10.2. The number of hydrogen-bond acceptors (Lipinski definition) is 5. The molecule has 3 rings (SSSR count). The van der Waals surface area contributed by atoms with Crippen LogP contribution in [0.4, 0.5) is 5.69 Å². The number of hydrogen-bond donors (Lipinski definition) is 2. The number of amides is 1. The van der Waals surface area contributed by atoms with Gasteiger partial charge in [-0.1, -0.05) is 30.3 Å². The van der Waals surface area contributed by atoms with E-state index in [2.05, 4.69) is 38.7 Å². The predicted molar refractivity (Wildman–Crippen MR) is 133 cm³/mol. The molecule has 1 amide bonds. The molecule has 166 valence electrons. The summed E-state index contributed by atoms with van der Waals surface area (Å²) >= 11 is 8.76. The third-order valence-electron chi connectivity index (χ3n) is 4.57. The maximum atomic E-state index is 12.6. The molecular formula is C24H23BrN2O4S. The van der Waals surface area contributed by atoms with Gasteiger partial charge in [0.15, 0.2) is 5.11 Å². The van der Waals surface area contributed by atoms with Crippen LogP contribution in [0.1, 0.15) is 15.9 Å². The molecule has 0 unspecified atom stereocenters. The first-order chi connectivity index (χ1) is 15.5. The average Bonchev–Trinajstić information content (AvgIpc) is 2.80. The third-order valence-corrected chi connectivity index (χ3v) is 5.39. The van der Waals surface area contributed by atoms with E-state index in [0.29, 0.717) is 39.6 Å². The molecule has 0 aromatic heterocycles. The highest BCUT2D eigenvalue weighted by Gasteiger charge is 2.13. The van der Waals surface area contributed by atoms with Crippen molar-refractivity contribution in [3.8, 4) is 17.2 Å². The smallest absolute Gasteiger partial charge is 0.257 e. The van der Waals surface area contributed by atoms with E-state index in [1.54, 1.807) is 50.6 Å². The maximum absolute atomic E-state index is 12.6. The van der Waals surface area contributed by atoms with Crippen LogP contribution in [0.5, 0.6) is 17.2 Å².